The lowest BCUT2D eigenvalue weighted by molar-refractivity contribution is 0.0525. The maximum absolute atomic E-state index is 12.6. The highest BCUT2D eigenvalue weighted by molar-refractivity contribution is 7.99. The minimum Gasteiger partial charge on any atom is -0.505 e. The van der Waals surface area contributed by atoms with Crippen LogP contribution in [0.15, 0.2) is 47.4 Å². The van der Waals surface area contributed by atoms with Crippen LogP contribution in [0.4, 0.5) is 0 Å². The molecular weight excluding hydrogens is 382 g/mol. The molecule has 138 valence electrons. The van der Waals surface area contributed by atoms with Crippen LogP contribution in [0.5, 0.6) is 5.75 Å². The summed E-state index contributed by atoms with van der Waals surface area (Å²) in [7, 11) is 0. The van der Waals surface area contributed by atoms with Crippen molar-refractivity contribution in [1.29, 1.82) is 0 Å². The maximum Gasteiger partial charge on any atom is 0.341 e. The number of benzene rings is 1. The van der Waals surface area contributed by atoms with E-state index in [1.54, 1.807) is 19.1 Å². The molecule has 0 aliphatic rings. The predicted octanol–water partition coefficient (Wildman–Crippen LogP) is 5.85. The van der Waals surface area contributed by atoms with Gasteiger partial charge in [0.1, 0.15) is 5.52 Å². The number of carbonyl (C=O) groups excluding carboxylic acids is 1. The van der Waals surface area contributed by atoms with Crippen LogP contribution in [0, 0.1) is 0 Å². The molecule has 3 heterocycles. The number of hydrogen-bond acceptors (Lipinski definition) is 4. The average molecular weight is 400 g/mol. The largest absolute Gasteiger partial charge is 0.505 e. The summed E-state index contributed by atoms with van der Waals surface area (Å²) in [5.74, 6) is 0.576. The lowest BCUT2D eigenvalue weighted by atomic mass is 10.1. The van der Waals surface area contributed by atoms with Crippen LogP contribution in [0.2, 0.25) is 5.02 Å². The third-order valence-corrected chi connectivity index (χ3v) is 5.76. The Hall–Kier alpha value is -2.37. The molecule has 0 amide bonds. The first-order chi connectivity index (χ1) is 13.1. The highest BCUT2D eigenvalue weighted by Crippen LogP contribution is 2.47. The van der Waals surface area contributed by atoms with Gasteiger partial charge in [-0.1, -0.05) is 36.7 Å². The number of aromatic hydroxyl groups is 1. The summed E-state index contributed by atoms with van der Waals surface area (Å²) in [6, 6.07) is 13.1. The Morgan fingerprint density at radius 2 is 1.85 bits per heavy atom. The fourth-order valence-corrected chi connectivity index (χ4v) is 4.59. The summed E-state index contributed by atoms with van der Waals surface area (Å²) in [5, 5.41) is 11.8. The van der Waals surface area contributed by atoms with Gasteiger partial charge in [-0.3, -0.25) is 0 Å². The van der Waals surface area contributed by atoms with Crippen LogP contribution in [-0.4, -0.2) is 27.8 Å². The van der Waals surface area contributed by atoms with Crippen molar-refractivity contribution in [3.8, 4) is 16.9 Å². The highest BCUT2D eigenvalue weighted by atomic mass is 35.5. The summed E-state index contributed by atoms with van der Waals surface area (Å²) in [6.45, 7) is 4.11. The van der Waals surface area contributed by atoms with Crippen molar-refractivity contribution >= 4 is 45.9 Å². The Labute approximate surface area is 166 Å². The molecule has 1 aromatic carbocycles. The molecule has 0 spiro atoms. The van der Waals surface area contributed by atoms with Gasteiger partial charge in [0.2, 0.25) is 0 Å². The van der Waals surface area contributed by atoms with E-state index in [0.29, 0.717) is 22.7 Å². The average Bonchev–Trinajstić information content (AvgIpc) is 3.14. The summed E-state index contributed by atoms with van der Waals surface area (Å²) in [4.78, 5) is 13.4. The number of halogens is 1. The van der Waals surface area contributed by atoms with Gasteiger partial charge < -0.3 is 14.2 Å². The van der Waals surface area contributed by atoms with E-state index < -0.39 is 0 Å². The van der Waals surface area contributed by atoms with Gasteiger partial charge in [0.05, 0.1) is 28.1 Å². The van der Waals surface area contributed by atoms with E-state index in [1.807, 2.05) is 41.7 Å². The molecule has 0 atom stereocenters. The maximum atomic E-state index is 12.6. The first-order valence-corrected chi connectivity index (χ1v) is 10.1. The van der Waals surface area contributed by atoms with Crippen LogP contribution in [0.3, 0.4) is 0 Å². The Morgan fingerprint density at radius 3 is 2.52 bits per heavy atom. The Bertz CT molecular complexity index is 1130. The SMILES string of the molecule is CCOC(=O)c1c(SCC)c2c(O)c(-c3ccc(Cl)cc3)c3cccc1n32. The monoisotopic (exact) mass is 399 g/mol. The second-order valence-electron chi connectivity index (χ2n) is 6.07. The number of carbonyl (C=O) groups is 1. The van der Waals surface area contributed by atoms with Crippen molar-refractivity contribution < 1.29 is 14.6 Å². The zero-order valence-electron chi connectivity index (χ0n) is 15.0. The topological polar surface area (TPSA) is 50.9 Å². The van der Waals surface area contributed by atoms with Crippen molar-refractivity contribution in [3.05, 3.63) is 53.1 Å². The second-order valence-corrected chi connectivity index (χ2v) is 7.78. The third-order valence-electron chi connectivity index (χ3n) is 4.53. The normalized spacial score (nSPS) is 11.5. The quantitative estimate of drug-likeness (QED) is 0.338. The standard InChI is InChI=1S/C21H18ClNO3S/c1-3-26-21(25)17-15-7-5-6-14-16(12-8-10-13(22)11-9-12)19(24)18(23(14)15)20(17)27-4-2/h5-11,24H,3-4H2,1-2H3. The Morgan fingerprint density at radius 1 is 1.15 bits per heavy atom. The molecule has 0 fully saturated rings. The van der Waals surface area contributed by atoms with E-state index >= 15 is 0 Å². The molecule has 1 N–H and O–H groups in total. The van der Waals surface area contributed by atoms with Crippen LogP contribution >= 0.6 is 23.4 Å². The smallest absolute Gasteiger partial charge is 0.341 e. The van der Waals surface area contributed by atoms with Crippen LogP contribution < -0.4 is 0 Å². The van der Waals surface area contributed by atoms with Gasteiger partial charge >= 0.3 is 5.97 Å². The first kappa shape index (κ1) is 18.0. The fraction of sp³-hybridized carbons (Fsp3) is 0.190. The molecule has 3 aromatic heterocycles. The van der Waals surface area contributed by atoms with Gasteiger partial charge in [0, 0.05) is 10.6 Å². The van der Waals surface area contributed by atoms with Crippen molar-refractivity contribution in [2.45, 2.75) is 18.7 Å². The van der Waals surface area contributed by atoms with E-state index in [1.165, 1.54) is 11.8 Å². The minimum atomic E-state index is -0.364. The number of aromatic nitrogens is 1. The highest BCUT2D eigenvalue weighted by Gasteiger charge is 2.29. The number of ether oxygens (including phenoxy) is 1. The van der Waals surface area contributed by atoms with E-state index in [2.05, 4.69) is 0 Å². The molecule has 4 nitrogen and oxygen atoms in total. The molecular formula is C21H18ClNO3S. The molecule has 0 bridgehead atoms. The summed E-state index contributed by atoms with van der Waals surface area (Å²) in [6.07, 6.45) is 0. The molecule has 0 aliphatic heterocycles. The van der Waals surface area contributed by atoms with E-state index in [4.69, 9.17) is 16.3 Å². The van der Waals surface area contributed by atoms with Crippen LogP contribution in [-0.2, 0) is 4.74 Å². The van der Waals surface area contributed by atoms with Crippen LogP contribution in [0.25, 0.3) is 27.7 Å². The van der Waals surface area contributed by atoms with E-state index in [0.717, 1.165) is 32.8 Å². The molecule has 4 rings (SSSR count). The van der Waals surface area contributed by atoms with Crippen LogP contribution in [0.1, 0.15) is 24.2 Å². The predicted molar refractivity (Wildman–Crippen MR) is 111 cm³/mol. The van der Waals surface area contributed by atoms with Crippen molar-refractivity contribution in [2.24, 2.45) is 0 Å². The number of esters is 1. The number of pyridine rings is 1. The van der Waals surface area contributed by atoms with Gasteiger partial charge in [-0.05, 0) is 42.5 Å². The van der Waals surface area contributed by atoms with Gasteiger partial charge in [0.15, 0.2) is 5.75 Å². The molecule has 6 heteroatoms. The third kappa shape index (κ3) is 2.73. The second kappa shape index (κ2) is 6.98. The van der Waals surface area contributed by atoms with Gasteiger partial charge in [-0.2, -0.15) is 0 Å². The Kier molecular flexibility index (Phi) is 4.66. The molecule has 4 aromatic rings. The van der Waals surface area contributed by atoms with Crippen molar-refractivity contribution in [2.75, 3.05) is 12.4 Å². The number of nitrogens with zero attached hydrogens (tertiary/aromatic N) is 1. The number of rotatable bonds is 5. The summed E-state index contributed by atoms with van der Waals surface area (Å²) in [5.41, 5.74) is 4.37. The Balaban J connectivity index is 2.09. The molecule has 0 saturated heterocycles. The summed E-state index contributed by atoms with van der Waals surface area (Å²) >= 11 is 7.55. The van der Waals surface area contributed by atoms with Gasteiger partial charge in [-0.25, -0.2) is 4.79 Å². The molecule has 0 saturated carbocycles. The molecule has 0 unspecified atom stereocenters. The van der Waals surface area contributed by atoms with Gasteiger partial charge in [0.25, 0.3) is 0 Å². The molecule has 0 radical (unpaired) electrons. The van der Waals surface area contributed by atoms with Crippen molar-refractivity contribution in [3.63, 3.8) is 0 Å². The summed E-state index contributed by atoms with van der Waals surface area (Å²) < 4.78 is 7.23. The zero-order valence-corrected chi connectivity index (χ0v) is 16.5. The zero-order chi connectivity index (χ0) is 19.1. The minimum absolute atomic E-state index is 0.167. The first-order valence-electron chi connectivity index (χ1n) is 8.75. The van der Waals surface area contributed by atoms with E-state index in [-0.39, 0.29) is 11.7 Å². The van der Waals surface area contributed by atoms with E-state index in [9.17, 15) is 9.90 Å². The molecule has 27 heavy (non-hydrogen) atoms. The lowest BCUT2D eigenvalue weighted by Gasteiger charge is -2.06. The van der Waals surface area contributed by atoms with Gasteiger partial charge in [-0.15, -0.1) is 11.8 Å². The van der Waals surface area contributed by atoms with Crippen molar-refractivity contribution in [1.82, 2.24) is 4.40 Å². The fourth-order valence-electron chi connectivity index (χ4n) is 3.52. The molecule has 0 aliphatic carbocycles. The number of thioether (sulfide) groups is 1. The number of hydrogen-bond donors (Lipinski definition) is 1. The lowest BCUT2D eigenvalue weighted by Crippen LogP contribution is -2.05.